The lowest BCUT2D eigenvalue weighted by Gasteiger charge is -2.01. The van der Waals surface area contributed by atoms with Crippen LogP contribution in [0.4, 0.5) is 0 Å². The van der Waals surface area contributed by atoms with E-state index in [9.17, 15) is 9.90 Å². The number of hydrogen-bond acceptors (Lipinski definition) is 4. The van der Waals surface area contributed by atoms with Crippen molar-refractivity contribution < 1.29 is 14.7 Å². The molecule has 0 unspecified atom stereocenters. The van der Waals surface area contributed by atoms with E-state index in [0.29, 0.717) is 37.2 Å². The van der Waals surface area contributed by atoms with Crippen LogP contribution in [-0.2, 0) is 9.63 Å². The Hall–Kier alpha value is -1.32. The van der Waals surface area contributed by atoms with Gasteiger partial charge in [-0.05, 0) is 13.8 Å². The summed E-state index contributed by atoms with van der Waals surface area (Å²) >= 11 is 0. The summed E-state index contributed by atoms with van der Waals surface area (Å²) in [7, 11) is 0. The highest BCUT2D eigenvalue weighted by molar-refractivity contribution is 6.03. The maximum atomic E-state index is 11.3. The van der Waals surface area contributed by atoms with Gasteiger partial charge in [0.05, 0.1) is 11.5 Å². The van der Waals surface area contributed by atoms with Gasteiger partial charge in [-0.25, -0.2) is 0 Å². The summed E-state index contributed by atoms with van der Waals surface area (Å²) in [5, 5.41) is 13.2. The summed E-state index contributed by atoms with van der Waals surface area (Å²) < 4.78 is 0. The van der Waals surface area contributed by atoms with E-state index >= 15 is 0 Å². The molecule has 0 radical (unpaired) electrons. The van der Waals surface area contributed by atoms with Crippen LogP contribution in [0.25, 0.3) is 0 Å². The maximum Gasteiger partial charge on any atom is 0.163 e. The van der Waals surface area contributed by atoms with Gasteiger partial charge >= 0.3 is 0 Å². The lowest BCUT2D eigenvalue weighted by Crippen LogP contribution is -2.03. The van der Waals surface area contributed by atoms with Gasteiger partial charge in [0, 0.05) is 24.8 Å². The van der Waals surface area contributed by atoms with E-state index in [1.165, 1.54) is 0 Å². The van der Waals surface area contributed by atoms with Gasteiger partial charge in [-0.15, -0.1) is 0 Å². The summed E-state index contributed by atoms with van der Waals surface area (Å²) in [6.45, 7) is 4.13. The van der Waals surface area contributed by atoms with Crippen molar-refractivity contribution in [2.45, 2.75) is 33.1 Å². The molecule has 0 saturated heterocycles. The van der Waals surface area contributed by atoms with Crippen LogP contribution in [0.2, 0.25) is 0 Å². The van der Waals surface area contributed by atoms with Crippen LogP contribution in [0.3, 0.4) is 0 Å². The SMILES string of the molecule is CCON=C(C)CC1=C(O)CCC1=O. The third kappa shape index (κ3) is 2.58. The Morgan fingerprint density at radius 1 is 1.57 bits per heavy atom. The normalized spacial score (nSPS) is 17.9. The second-order valence-corrected chi connectivity index (χ2v) is 3.27. The zero-order valence-electron chi connectivity index (χ0n) is 8.54. The number of Topliss-reactive ketones (excluding diaryl/α,β-unsaturated/α-hetero) is 1. The monoisotopic (exact) mass is 197 g/mol. The third-order valence-electron chi connectivity index (χ3n) is 2.06. The smallest absolute Gasteiger partial charge is 0.163 e. The summed E-state index contributed by atoms with van der Waals surface area (Å²) in [5.74, 6) is 0.231. The summed E-state index contributed by atoms with van der Waals surface area (Å²) in [6, 6.07) is 0. The lowest BCUT2D eigenvalue weighted by atomic mass is 10.1. The fraction of sp³-hybridized carbons (Fsp3) is 0.600. The Labute approximate surface area is 83.2 Å². The first-order valence-electron chi connectivity index (χ1n) is 4.74. The van der Waals surface area contributed by atoms with E-state index in [-0.39, 0.29) is 11.5 Å². The van der Waals surface area contributed by atoms with Gasteiger partial charge in [0.15, 0.2) is 5.78 Å². The highest BCUT2D eigenvalue weighted by Gasteiger charge is 2.22. The van der Waals surface area contributed by atoms with Crippen LogP contribution < -0.4 is 0 Å². The molecule has 0 saturated carbocycles. The summed E-state index contributed by atoms with van der Waals surface area (Å²) in [4.78, 5) is 16.1. The Kier molecular flexibility index (Phi) is 3.68. The highest BCUT2D eigenvalue weighted by atomic mass is 16.6. The first-order chi connectivity index (χ1) is 6.65. The molecule has 4 nitrogen and oxygen atoms in total. The van der Waals surface area contributed by atoms with Crippen LogP contribution in [0.1, 0.15) is 33.1 Å². The molecule has 1 N–H and O–H groups in total. The van der Waals surface area contributed by atoms with Crippen molar-refractivity contribution >= 4 is 11.5 Å². The molecule has 1 rings (SSSR count). The Morgan fingerprint density at radius 2 is 2.29 bits per heavy atom. The number of aliphatic hydroxyl groups is 1. The molecule has 0 bridgehead atoms. The number of nitrogens with zero attached hydrogens (tertiary/aromatic N) is 1. The molecule has 0 aromatic rings. The van der Waals surface area contributed by atoms with Gasteiger partial charge in [-0.1, -0.05) is 5.16 Å². The van der Waals surface area contributed by atoms with Gasteiger partial charge in [0.1, 0.15) is 6.61 Å². The van der Waals surface area contributed by atoms with Crippen LogP contribution in [0, 0.1) is 0 Å². The van der Waals surface area contributed by atoms with Gasteiger partial charge < -0.3 is 9.94 Å². The first-order valence-corrected chi connectivity index (χ1v) is 4.74. The zero-order chi connectivity index (χ0) is 10.6. The lowest BCUT2D eigenvalue weighted by molar-refractivity contribution is -0.114. The van der Waals surface area contributed by atoms with Gasteiger partial charge in [-0.2, -0.15) is 0 Å². The molecule has 1 aliphatic rings. The Balaban J connectivity index is 2.59. The van der Waals surface area contributed by atoms with Crippen molar-refractivity contribution in [1.29, 1.82) is 0 Å². The Bertz CT molecular complexity index is 292. The van der Waals surface area contributed by atoms with E-state index in [2.05, 4.69) is 5.16 Å². The molecule has 4 heteroatoms. The van der Waals surface area contributed by atoms with Gasteiger partial charge in [0.2, 0.25) is 0 Å². The number of rotatable bonds is 4. The van der Waals surface area contributed by atoms with Crippen molar-refractivity contribution in [3.8, 4) is 0 Å². The number of hydrogen-bond donors (Lipinski definition) is 1. The first kappa shape index (κ1) is 10.8. The van der Waals surface area contributed by atoms with Gasteiger partial charge in [-0.3, -0.25) is 4.79 Å². The average Bonchev–Trinajstić information content (AvgIpc) is 2.46. The van der Waals surface area contributed by atoms with Crippen LogP contribution in [0.15, 0.2) is 16.5 Å². The molecular formula is C10H15NO3. The summed E-state index contributed by atoms with van der Waals surface area (Å²) in [6.07, 6.45) is 1.28. The van der Waals surface area contributed by atoms with Crippen molar-refractivity contribution in [3.63, 3.8) is 0 Å². The minimum atomic E-state index is 0.0218. The van der Waals surface area contributed by atoms with Crippen LogP contribution >= 0.6 is 0 Å². The fourth-order valence-electron chi connectivity index (χ4n) is 1.36. The minimum Gasteiger partial charge on any atom is -0.512 e. The van der Waals surface area contributed by atoms with E-state index in [1.807, 2.05) is 6.92 Å². The maximum absolute atomic E-state index is 11.3. The van der Waals surface area contributed by atoms with E-state index in [4.69, 9.17) is 4.84 Å². The Morgan fingerprint density at radius 3 is 2.79 bits per heavy atom. The van der Waals surface area contributed by atoms with Crippen LogP contribution in [-0.4, -0.2) is 23.2 Å². The molecule has 0 amide bonds. The second kappa shape index (κ2) is 4.79. The highest BCUT2D eigenvalue weighted by Crippen LogP contribution is 2.23. The van der Waals surface area contributed by atoms with Crippen molar-refractivity contribution in [1.82, 2.24) is 0 Å². The van der Waals surface area contributed by atoms with E-state index in [0.717, 1.165) is 0 Å². The topological polar surface area (TPSA) is 58.9 Å². The molecule has 0 aliphatic heterocycles. The molecule has 0 fully saturated rings. The van der Waals surface area contributed by atoms with Crippen molar-refractivity contribution in [2.75, 3.05) is 6.61 Å². The molecule has 0 aromatic carbocycles. The number of oxime groups is 1. The zero-order valence-corrected chi connectivity index (χ0v) is 8.54. The third-order valence-corrected chi connectivity index (χ3v) is 2.06. The molecule has 1 aliphatic carbocycles. The molecule has 0 aromatic heterocycles. The fourth-order valence-corrected chi connectivity index (χ4v) is 1.36. The summed E-state index contributed by atoms with van der Waals surface area (Å²) in [5.41, 5.74) is 1.20. The average molecular weight is 197 g/mol. The number of allylic oxidation sites excluding steroid dienone is 2. The predicted molar refractivity (Wildman–Crippen MR) is 53.2 cm³/mol. The molecule has 0 atom stereocenters. The largest absolute Gasteiger partial charge is 0.512 e. The second-order valence-electron chi connectivity index (χ2n) is 3.27. The van der Waals surface area contributed by atoms with Gasteiger partial charge in [0.25, 0.3) is 0 Å². The molecular weight excluding hydrogens is 182 g/mol. The van der Waals surface area contributed by atoms with E-state index in [1.54, 1.807) is 6.92 Å². The number of ketones is 1. The predicted octanol–water partition coefficient (Wildman–Crippen LogP) is 1.96. The standard InChI is InChI=1S/C10H15NO3/c1-3-14-11-7(2)6-8-9(12)4-5-10(8)13/h12H,3-6H2,1-2H3. The number of aliphatic hydroxyl groups excluding tert-OH is 1. The number of carbonyl (C=O) groups excluding carboxylic acids is 1. The van der Waals surface area contributed by atoms with Crippen LogP contribution in [0.5, 0.6) is 0 Å². The molecule has 0 heterocycles. The van der Waals surface area contributed by atoms with Crippen molar-refractivity contribution in [3.05, 3.63) is 11.3 Å². The van der Waals surface area contributed by atoms with Crippen molar-refractivity contribution in [2.24, 2.45) is 5.16 Å². The van der Waals surface area contributed by atoms with E-state index < -0.39 is 0 Å². The molecule has 14 heavy (non-hydrogen) atoms. The number of carbonyl (C=O) groups is 1. The molecule has 0 spiro atoms. The molecule has 78 valence electrons. The minimum absolute atomic E-state index is 0.0218. The quantitative estimate of drug-likeness (QED) is 0.553.